The molecule has 7 heteroatoms. The fourth-order valence-electron chi connectivity index (χ4n) is 2.46. The van der Waals surface area contributed by atoms with Crippen LogP contribution in [0.5, 0.6) is 0 Å². The molecular weight excluding hydrogens is 360 g/mol. The molecule has 2 amide bonds. The van der Waals surface area contributed by atoms with Gasteiger partial charge in [0.05, 0.1) is 12.1 Å². The van der Waals surface area contributed by atoms with Crippen LogP contribution in [-0.4, -0.2) is 34.6 Å². The van der Waals surface area contributed by atoms with Crippen molar-refractivity contribution in [3.63, 3.8) is 0 Å². The van der Waals surface area contributed by atoms with E-state index in [1.165, 1.54) is 0 Å². The summed E-state index contributed by atoms with van der Waals surface area (Å²) in [6, 6.07) is 4.58. The molecule has 1 heterocycles. The summed E-state index contributed by atoms with van der Waals surface area (Å²) >= 11 is 9.27. The average molecular weight is 376 g/mol. The Bertz CT molecular complexity index is 553. The van der Waals surface area contributed by atoms with Gasteiger partial charge >= 0.3 is 12.0 Å². The minimum Gasteiger partial charge on any atom is -0.481 e. The molecule has 0 aliphatic carbocycles. The number of carbonyl (C=O) groups excluding carboxylic acids is 1. The van der Waals surface area contributed by atoms with Crippen LogP contribution in [-0.2, 0) is 4.79 Å². The zero-order valence-electron chi connectivity index (χ0n) is 11.3. The number of piperidine rings is 1. The van der Waals surface area contributed by atoms with Crippen LogP contribution in [0.3, 0.4) is 0 Å². The number of carbonyl (C=O) groups is 2. The maximum Gasteiger partial charge on any atom is 0.322 e. The third kappa shape index (κ3) is 4.35. The van der Waals surface area contributed by atoms with Crippen molar-refractivity contribution >= 4 is 45.2 Å². The molecule has 1 unspecified atom stereocenters. The van der Waals surface area contributed by atoms with E-state index in [1.807, 2.05) is 0 Å². The Labute approximate surface area is 136 Å². The number of amides is 2. The third-order valence-electron chi connectivity index (χ3n) is 3.47. The lowest BCUT2D eigenvalue weighted by Crippen LogP contribution is -2.46. The van der Waals surface area contributed by atoms with Gasteiger partial charge in [-0.2, -0.15) is 0 Å². The topological polar surface area (TPSA) is 69.6 Å². The van der Waals surface area contributed by atoms with Gasteiger partial charge in [-0.05, 0) is 53.4 Å². The first-order chi connectivity index (χ1) is 9.97. The lowest BCUT2D eigenvalue weighted by Gasteiger charge is -2.35. The number of rotatable bonds is 3. The standard InChI is InChI=1S/C14H16BrClN2O3/c15-11-5-4-9(16)7-12(11)17-14(21)18-6-2-1-3-10(18)8-13(19)20/h4-5,7,10H,1-3,6,8H2,(H,17,21)(H,19,20). The fourth-order valence-corrected chi connectivity index (χ4v) is 2.98. The van der Waals surface area contributed by atoms with Crippen molar-refractivity contribution in [3.05, 3.63) is 27.7 Å². The van der Waals surface area contributed by atoms with E-state index in [1.54, 1.807) is 23.1 Å². The maximum absolute atomic E-state index is 12.4. The largest absolute Gasteiger partial charge is 0.481 e. The van der Waals surface area contributed by atoms with E-state index in [4.69, 9.17) is 16.7 Å². The fraction of sp³-hybridized carbons (Fsp3) is 0.429. The molecule has 0 aromatic heterocycles. The van der Waals surface area contributed by atoms with E-state index in [2.05, 4.69) is 21.2 Å². The van der Waals surface area contributed by atoms with Gasteiger partial charge in [-0.1, -0.05) is 11.6 Å². The lowest BCUT2D eigenvalue weighted by molar-refractivity contribution is -0.138. The number of likely N-dealkylation sites (tertiary alicyclic amines) is 1. The van der Waals surface area contributed by atoms with E-state index >= 15 is 0 Å². The molecule has 1 aliphatic heterocycles. The summed E-state index contributed by atoms with van der Waals surface area (Å²) in [6.07, 6.45) is 2.53. The highest BCUT2D eigenvalue weighted by Gasteiger charge is 2.28. The van der Waals surface area contributed by atoms with Gasteiger partial charge < -0.3 is 15.3 Å². The Morgan fingerprint density at radius 1 is 1.43 bits per heavy atom. The Kier molecular flexibility index (Phi) is 5.47. The van der Waals surface area contributed by atoms with Crippen molar-refractivity contribution in [1.82, 2.24) is 4.90 Å². The van der Waals surface area contributed by atoms with Crippen molar-refractivity contribution in [2.24, 2.45) is 0 Å². The molecule has 1 aromatic carbocycles. The first-order valence-electron chi connectivity index (χ1n) is 6.72. The molecule has 21 heavy (non-hydrogen) atoms. The van der Waals surface area contributed by atoms with E-state index in [9.17, 15) is 9.59 Å². The first kappa shape index (κ1) is 16.1. The van der Waals surface area contributed by atoms with Gasteiger partial charge in [0.15, 0.2) is 0 Å². The highest BCUT2D eigenvalue weighted by molar-refractivity contribution is 9.10. The molecule has 2 N–H and O–H groups in total. The van der Waals surface area contributed by atoms with Crippen molar-refractivity contribution in [2.75, 3.05) is 11.9 Å². The number of aliphatic carboxylic acids is 1. The van der Waals surface area contributed by atoms with Crippen molar-refractivity contribution in [2.45, 2.75) is 31.7 Å². The van der Waals surface area contributed by atoms with E-state index in [-0.39, 0.29) is 18.5 Å². The number of hydrogen-bond donors (Lipinski definition) is 2. The van der Waals surface area contributed by atoms with E-state index < -0.39 is 5.97 Å². The SMILES string of the molecule is O=C(O)CC1CCCCN1C(=O)Nc1cc(Cl)ccc1Br. The second-order valence-electron chi connectivity index (χ2n) is 5.00. The second-order valence-corrected chi connectivity index (χ2v) is 6.29. The normalized spacial score (nSPS) is 18.4. The van der Waals surface area contributed by atoms with Crippen LogP contribution in [0.4, 0.5) is 10.5 Å². The highest BCUT2D eigenvalue weighted by Crippen LogP contribution is 2.27. The van der Waals surface area contributed by atoms with Gasteiger partial charge in [-0.25, -0.2) is 4.79 Å². The minimum absolute atomic E-state index is 0.0237. The number of anilines is 1. The second kappa shape index (κ2) is 7.13. The molecule has 1 aromatic rings. The van der Waals surface area contributed by atoms with Crippen LogP contribution in [0.2, 0.25) is 5.02 Å². The molecule has 1 saturated heterocycles. The van der Waals surface area contributed by atoms with Crippen LogP contribution in [0.25, 0.3) is 0 Å². The number of carboxylic acid groups (broad SMARTS) is 1. The molecule has 0 spiro atoms. The molecule has 5 nitrogen and oxygen atoms in total. The smallest absolute Gasteiger partial charge is 0.322 e. The van der Waals surface area contributed by atoms with Crippen molar-refractivity contribution in [3.8, 4) is 0 Å². The molecular formula is C14H16BrClN2O3. The molecule has 0 saturated carbocycles. The van der Waals surface area contributed by atoms with E-state index in [0.717, 1.165) is 23.7 Å². The van der Waals surface area contributed by atoms with Gasteiger partial charge in [-0.15, -0.1) is 0 Å². The first-order valence-corrected chi connectivity index (χ1v) is 7.89. The van der Waals surface area contributed by atoms with Gasteiger partial charge in [-0.3, -0.25) is 4.79 Å². The highest BCUT2D eigenvalue weighted by atomic mass is 79.9. The summed E-state index contributed by atoms with van der Waals surface area (Å²) in [5.41, 5.74) is 0.576. The molecule has 1 aliphatic rings. The monoisotopic (exact) mass is 374 g/mol. The van der Waals surface area contributed by atoms with E-state index in [0.29, 0.717) is 17.3 Å². The maximum atomic E-state index is 12.4. The van der Waals surface area contributed by atoms with Crippen LogP contribution in [0.1, 0.15) is 25.7 Å². The zero-order chi connectivity index (χ0) is 15.4. The van der Waals surface area contributed by atoms with Crippen molar-refractivity contribution < 1.29 is 14.7 Å². The lowest BCUT2D eigenvalue weighted by atomic mass is 10.00. The Balaban J connectivity index is 2.10. The zero-order valence-corrected chi connectivity index (χ0v) is 13.7. The van der Waals surface area contributed by atoms with Crippen LogP contribution in [0.15, 0.2) is 22.7 Å². The van der Waals surface area contributed by atoms with Crippen LogP contribution in [0, 0.1) is 0 Å². The molecule has 114 valence electrons. The summed E-state index contributed by atoms with van der Waals surface area (Å²) < 4.78 is 0.729. The summed E-state index contributed by atoms with van der Waals surface area (Å²) in [4.78, 5) is 24.9. The van der Waals surface area contributed by atoms with Gasteiger partial charge in [0.1, 0.15) is 0 Å². The number of urea groups is 1. The van der Waals surface area contributed by atoms with Crippen LogP contribution < -0.4 is 5.32 Å². The Hall–Kier alpha value is -1.27. The summed E-state index contributed by atoms with van der Waals surface area (Å²) in [5.74, 6) is -0.886. The Morgan fingerprint density at radius 2 is 2.19 bits per heavy atom. The number of nitrogens with zero attached hydrogens (tertiary/aromatic N) is 1. The van der Waals surface area contributed by atoms with Gasteiger partial charge in [0, 0.05) is 22.1 Å². The molecule has 0 bridgehead atoms. The minimum atomic E-state index is -0.886. The van der Waals surface area contributed by atoms with Crippen molar-refractivity contribution in [1.29, 1.82) is 0 Å². The van der Waals surface area contributed by atoms with Gasteiger partial charge in [0.2, 0.25) is 0 Å². The summed E-state index contributed by atoms with van der Waals surface area (Å²) in [7, 11) is 0. The predicted molar refractivity (Wildman–Crippen MR) is 84.8 cm³/mol. The average Bonchev–Trinajstić information content (AvgIpc) is 2.42. The molecule has 0 radical (unpaired) electrons. The molecule has 1 fully saturated rings. The number of hydrogen-bond acceptors (Lipinski definition) is 2. The summed E-state index contributed by atoms with van der Waals surface area (Å²) in [6.45, 7) is 0.571. The third-order valence-corrected chi connectivity index (χ3v) is 4.39. The molecule has 2 rings (SSSR count). The number of carboxylic acids is 1. The van der Waals surface area contributed by atoms with Crippen LogP contribution >= 0.6 is 27.5 Å². The number of nitrogens with one attached hydrogen (secondary N) is 1. The Morgan fingerprint density at radius 3 is 2.90 bits per heavy atom. The molecule has 1 atom stereocenters. The predicted octanol–water partition coefficient (Wildman–Crippen LogP) is 3.96. The number of benzene rings is 1. The quantitative estimate of drug-likeness (QED) is 0.840. The summed E-state index contributed by atoms with van der Waals surface area (Å²) in [5, 5.41) is 12.3. The number of halogens is 2. The van der Waals surface area contributed by atoms with Gasteiger partial charge in [0.25, 0.3) is 0 Å².